The monoisotopic (exact) mass is 504 g/mol. The lowest BCUT2D eigenvalue weighted by Gasteiger charge is -2.34. The van der Waals surface area contributed by atoms with Gasteiger partial charge in [-0.05, 0) is 88.0 Å². The highest BCUT2D eigenvalue weighted by Gasteiger charge is 2.37. The molecule has 0 aromatic heterocycles. The van der Waals surface area contributed by atoms with E-state index in [4.69, 9.17) is 17.8 Å². The van der Waals surface area contributed by atoms with Crippen LogP contribution in [0.25, 0.3) is 0 Å². The van der Waals surface area contributed by atoms with E-state index >= 15 is 0 Å². The molecule has 0 aliphatic carbocycles. The highest BCUT2D eigenvalue weighted by atomic mass is 32.3. The van der Waals surface area contributed by atoms with Gasteiger partial charge in [0.25, 0.3) is 0 Å². The Balaban J connectivity index is 1.43. The van der Waals surface area contributed by atoms with Gasteiger partial charge >= 0.3 is 10.4 Å². The molecule has 2 heterocycles. The minimum Gasteiger partial charge on any atom is -0.487 e. The Morgan fingerprint density at radius 2 is 1.11 bits per heavy atom. The molecule has 0 saturated carbocycles. The lowest BCUT2D eigenvalue weighted by atomic mass is 10.1. The van der Waals surface area contributed by atoms with E-state index < -0.39 is 34.8 Å². The number of aryl methyl sites for hydroxylation is 2. The SMILES string of the molecule is Cc1cccc(OC2CCNCC2OS(=O)(=O)OC2CNCCC2Oc2cccc(C)c2C)c1C. The first-order valence-electron chi connectivity index (χ1n) is 12.2. The predicted octanol–water partition coefficient (Wildman–Crippen LogP) is 3.12. The molecule has 2 fully saturated rings. The van der Waals surface area contributed by atoms with Gasteiger partial charge in [-0.1, -0.05) is 24.3 Å². The summed E-state index contributed by atoms with van der Waals surface area (Å²) in [4.78, 5) is 0. The molecular weight excluding hydrogens is 468 g/mol. The smallest absolute Gasteiger partial charge is 0.400 e. The van der Waals surface area contributed by atoms with Gasteiger partial charge in [0, 0.05) is 13.1 Å². The first kappa shape index (κ1) is 25.9. The van der Waals surface area contributed by atoms with Gasteiger partial charge in [0.15, 0.2) is 0 Å². The summed E-state index contributed by atoms with van der Waals surface area (Å²) >= 11 is 0. The Morgan fingerprint density at radius 3 is 1.54 bits per heavy atom. The highest BCUT2D eigenvalue weighted by Crippen LogP contribution is 2.27. The number of hydrogen-bond donors (Lipinski definition) is 2. The topological polar surface area (TPSA) is 95.1 Å². The molecule has 2 aromatic carbocycles. The average molecular weight is 505 g/mol. The summed E-state index contributed by atoms with van der Waals surface area (Å²) < 4.78 is 49.5. The predicted molar refractivity (Wildman–Crippen MR) is 134 cm³/mol. The fraction of sp³-hybridized carbons (Fsp3) is 0.538. The zero-order valence-corrected chi connectivity index (χ0v) is 21.7. The zero-order valence-electron chi connectivity index (χ0n) is 20.9. The van der Waals surface area contributed by atoms with E-state index in [2.05, 4.69) is 10.6 Å². The summed E-state index contributed by atoms with van der Waals surface area (Å²) in [6, 6.07) is 11.7. The third-order valence-electron chi connectivity index (χ3n) is 6.88. The van der Waals surface area contributed by atoms with Crippen LogP contribution in [-0.2, 0) is 18.8 Å². The molecule has 192 valence electrons. The fourth-order valence-corrected chi connectivity index (χ4v) is 5.46. The molecule has 4 rings (SSSR count). The molecule has 4 unspecified atom stereocenters. The van der Waals surface area contributed by atoms with Crippen molar-refractivity contribution in [3.63, 3.8) is 0 Å². The quantitative estimate of drug-likeness (QED) is 0.566. The Morgan fingerprint density at radius 1 is 0.686 bits per heavy atom. The Kier molecular flexibility index (Phi) is 8.34. The molecule has 2 aliphatic heterocycles. The third kappa shape index (κ3) is 6.54. The maximum Gasteiger partial charge on any atom is 0.400 e. The van der Waals surface area contributed by atoms with Crippen LogP contribution in [0.4, 0.5) is 0 Å². The molecule has 9 heteroatoms. The van der Waals surface area contributed by atoms with Crippen LogP contribution in [0.2, 0.25) is 0 Å². The lowest BCUT2D eigenvalue weighted by molar-refractivity contribution is -0.00355. The van der Waals surface area contributed by atoms with Crippen molar-refractivity contribution >= 4 is 10.4 Å². The van der Waals surface area contributed by atoms with Crippen molar-refractivity contribution in [3.05, 3.63) is 58.7 Å². The fourth-order valence-electron chi connectivity index (χ4n) is 4.43. The van der Waals surface area contributed by atoms with Crippen molar-refractivity contribution in [2.24, 2.45) is 0 Å². The maximum absolute atomic E-state index is 13.0. The average Bonchev–Trinajstić information content (AvgIpc) is 2.82. The summed E-state index contributed by atoms with van der Waals surface area (Å²) in [5.41, 5.74) is 4.29. The first-order valence-corrected chi connectivity index (χ1v) is 13.6. The number of hydrogen-bond acceptors (Lipinski definition) is 8. The van der Waals surface area contributed by atoms with Crippen LogP contribution in [0.1, 0.15) is 35.1 Å². The largest absolute Gasteiger partial charge is 0.487 e. The molecule has 2 saturated heterocycles. The molecular formula is C26H36N2O6S. The van der Waals surface area contributed by atoms with Crippen molar-refractivity contribution < 1.29 is 26.3 Å². The van der Waals surface area contributed by atoms with Crippen LogP contribution < -0.4 is 20.1 Å². The number of piperidine rings is 2. The van der Waals surface area contributed by atoms with Crippen molar-refractivity contribution in [3.8, 4) is 11.5 Å². The van der Waals surface area contributed by atoms with Crippen LogP contribution in [0.15, 0.2) is 36.4 Å². The maximum atomic E-state index is 13.0. The molecule has 0 spiro atoms. The minimum absolute atomic E-state index is 0.351. The summed E-state index contributed by atoms with van der Waals surface area (Å²) in [5, 5.41) is 6.39. The minimum atomic E-state index is -4.31. The summed E-state index contributed by atoms with van der Waals surface area (Å²) in [6.07, 6.45) is -0.996. The van der Waals surface area contributed by atoms with Crippen molar-refractivity contribution in [2.45, 2.75) is 65.0 Å². The Bertz CT molecular complexity index is 1040. The molecule has 2 N–H and O–H groups in total. The number of nitrogens with one attached hydrogen (secondary N) is 2. The highest BCUT2D eigenvalue weighted by molar-refractivity contribution is 7.81. The van der Waals surface area contributed by atoms with Crippen molar-refractivity contribution in [1.82, 2.24) is 10.6 Å². The Hall–Kier alpha value is -2.17. The second-order valence-electron chi connectivity index (χ2n) is 9.37. The van der Waals surface area contributed by atoms with Gasteiger partial charge in [0.2, 0.25) is 0 Å². The number of rotatable bonds is 8. The Labute approximate surface area is 208 Å². The van der Waals surface area contributed by atoms with Gasteiger partial charge in [-0.2, -0.15) is 8.42 Å². The van der Waals surface area contributed by atoms with E-state index in [0.29, 0.717) is 39.0 Å². The van der Waals surface area contributed by atoms with Crippen LogP contribution >= 0.6 is 0 Å². The van der Waals surface area contributed by atoms with Gasteiger partial charge in [-0.15, -0.1) is 0 Å². The first-order chi connectivity index (χ1) is 16.7. The summed E-state index contributed by atoms with van der Waals surface area (Å²) in [7, 11) is -4.31. The van der Waals surface area contributed by atoms with Crippen molar-refractivity contribution in [1.29, 1.82) is 0 Å². The summed E-state index contributed by atoms with van der Waals surface area (Å²) in [5.74, 6) is 1.48. The van der Waals surface area contributed by atoms with Crippen LogP contribution in [0, 0.1) is 27.7 Å². The van der Waals surface area contributed by atoms with E-state index in [9.17, 15) is 8.42 Å². The zero-order chi connectivity index (χ0) is 25.0. The molecule has 2 aliphatic rings. The lowest BCUT2D eigenvalue weighted by Crippen LogP contribution is -2.52. The standard InChI is InChI=1S/C26H36N2O6S/c1-17-7-5-9-21(19(17)3)31-23-11-13-27-15-25(23)33-35(29,30)34-26-16-28-14-12-24(26)32-22-10-6-8-18(2)20(22)4/h5-10,23-28H,11-16H2,1-4H3. The second kappa shape index (κ2) is 11.3. The van der Waals surface area contributed by atoms with Crippen LogP contribution in [0.3, 0.4) is 0 Å². The van der Waals surface area contributed by atoms with Crippen LogP contribution in [-0.4, -0.2) is 59.0 Å². The molecule has 8 nitrogen and oxygen atoms in total. The van der Waals surface area contributed by atoms with E-state index in [1.54, 1.807) is 0 Å². The van der Waals surface area contributed by atoms with E-state index in [1.165, 1.54) is 0 Å². The number of benzene rings is 2. The van der Waals surface area contributed by atoms with Gasteiger partial charge in [0.1, 0.15) is 35.9 Å². The van der Waals surface area contributed by atoms with Gasteiger partial charge in [0.05, 0.1) is 0 Å². The van der Waals surface area contributed by atoms with Gasteiger partial charge in [-0.3, -0.25) is 0 Å². The number of ether oxygens (including phenoxy) is 2. The molecule has 0 radical (unpaired) electrons. The van der Waals surface area contributed by atoms with Crippen molar-refractivity contribution in [2.75, 3.05) is 26.2 Å². The normalized spacial score (nSPS) is 25.3. The van der Waals surface area contributed by atoms with Gasteiger partial charge in [-0.25, -0.2) is 8.37 Å². The van der Waals surface area contributed by atoms with E-state index in [-0.39, 0.29) is 0 Å². The molecule has 35 heavy (non-hydrogen) atoms. The molecule has 4 atom stereocenters. The molecule has 2 aromatic rings. The van der Waals surface area contributed by atoms with Crippen LogP contribution in [0.5, 0.6) is 11.5 Å². The molecule has 0 bridgehead atoms. The third-order valence-corrected chi connectivity index (χ3v) is 7.85. The van der Waals surface area contributed by atoms with E-state index in [1.807, 2.05) is 64.1 Å². The van der Waals surface area contributed by atoms with E-state index in [0.717, 1.165) is 33.8 Å². The van der Waals surface area contributed by atoms with Gasteiger partial charge < -0.3 is 20.1 Å². The summed E-state index contributed by atoms with van der Waals surface area (Å²) in [6.45, 7) is 10.2. The molecule has 0 amide bonds. The second-order valence-corrected chi connectivity index (χ2v) is 10.6.